The molecule has 7 nitrogen and oxygen atoms in total. The van der Waals surface area contributed by atoms with Crippen molar-refractivity contribution in [1.29, 1.82) is 5.39 Å². The highest BCUT2D eigenvalue weighted by Gasteiger charge is 2.45. The SMILES string of the molecule is C=C[C@@H]1OC(C)(C/C(O)=C(\[N+]#N)C(=O)OC)O[C@H]1C=C. The number of methoxy groups -OCH3 is 1. The molecule has 0 unspecified atom stereocenters. The predicted molar refractivity (Wildman–Crippen MR) is 69.9 cm³/mol. The summed E-state index contributed by atoms with van der Waals surface area (Å²) in [5, 5.41) is 18.6. The van der Waals surface area contributed by atoms with Crippen molar-refractivity contribution in [2.24, 2.45) is 0 Å². The lowest BCUT2D eigenvalue weighted by Gasteiger charge is -2.21. The molecule has 0 saturated carbocycles. The number of aliphatic hydroxyl groups excluding tert-OH is 1. The number of rotatable bonds is 5. The first-order valence-corrected chi connectivity index (χ1v) is 5.87. The second-order valence-electron chi connectivity index (χ2n) is 4.33. The van der Waals surface area contributed by atoms with E-state index in [1.807, 2.05) is 0 Å². The van der Waals surface area contributed by atoms with E-state index in [2.05, 4.69) is 22.9 Å². The van der Waals surface area contributed by atoms with E-state index in [0.29, 0.717) is 0 Å². The van der Waals surface area contributed by atoms with Gasteiger partial charge in [0.05, 0.1) is 13.5 Å². The van der Waals surface area contributed by atoms with Gasteiger partial charge in [-0.15, -0.1) is 13.2 Å². The van der Waals surface area contributed by atoms with Gasteiger partial charge in [-0.25, -0.2) is 4.79 Å². The third kappa shape index (κ3) is 3.23. The molecule has 0 aliphatic carbocycles. The zero-order valence-corrected chi connectivity index (χ0v) is 11.4. The summed E-state index contributed by atoms with van der Waals surface area (Å²) in [4.78, 5) is 14.0. The maximum absolute atomic E-state index is 11.3. The van der Waals surface area contributed by atoms with Gasteiger partial charge in [0.1, 0.15) is 12.2 Å². The fraction of sp³-hybridized carbons (Fsp3) is 0.462. The Morgan fingerprint density at radius 2 is 1.95 bits per heavy atom. The average molecular weight is 281 g/mol. The molecule has 1 aliphatic rings. The van der Waals surface area contributed by atoms with Gasteiger partial charge in [0, 0.05) is 0 Å². The second-order valence-corrected chi connectivity index (χ2v) is 4.33. The molecule has 0 aromatic heterocycles. The van der Waals surface area contributed by atoms with E-state index in [1.165, 1.54) is 0 Å². The van der Waals surface area contributed by atoms with E-state index < -0.39 is 35.4 Å². The summed E-state index contributed by atoms with van der Waals surface area (Å²) < 4.78 is 15.6. The Kier molecular flexibility index (Phi) is 5.02. The highest BCUT2D eigenvalue weighted by Crippen LogP contribution is 2.34. The zero-order chi connectivity index (χ0) is 15.3. The van der Waals surface area contributed by atoms with Crippen LogP contribution in [0.1, 0.15) is 13.3 Å². The minimum Gasteiger partial charge on any atom is -0.505 e. The number of aliphatic hydroxyl groups is 1. The minimum absolute atomic E-state index is 0.198. The maximum atomic E-state index is 11.3. The van der Waals surface area contributed by atoms with E-state index in [0.717, 1.165) is 7.11 Å². The molecular weight excluding hydrogens is 264 g/mol. The molecule has 1 fully saturated rings. The number of carbonyl (C=O) groups excluding carboxylic acids is 1. The Morgan fingerprint density at radius 3 is 2.30 bits per heavy atom. The average Bonchev–Trinajstić information content (AvgIpc) is 2.75. The molecule has 0 amide bonds. The topological polar surface area (TPSA) is 93.1 Å². The first-order valence-electron chi connectivity index (χ1n) is 5.87. The van der Waals surface area contributed by atoms with E-state index in [1.54, 1.807) is 19.1 Å². The number of hydrogen-bond donors (Lipinski definition) is 1. The Labute approximate surface area is 116 Å². The van der Waals surface area contributed by atoms with Gasteiger partial charge < -0.3 is 19.3 Å². The summed E-state index contributed by atoms with van der Waals surface area (Å²) in [6.07, 6.45) is 2.07. The van der Waals surface area contributed by atoms with Crippen LogP contribution in [0, 0.1) is 5.39 Å². The highest BCUT2D eigenvalue weighted by molar-refractivity contribution is 5.90. The molecule has 0 spiro atoms. The highest BCUT2D eigenvalue weighted by atomic mass is 16.8. The first kappa shape index (κ1) is 15.9. The number of hydrogen-bond acceptors (Lipinski definition) is 6. The monoisotopic (exact) mass is 281 g/mol. The van der Waals surface area contributed by atoms with Crippen LogP contribution >= 0.6 is 0 Å². The van der Waals surface area contributed by atoms with E-state index in [-0.39, 0.29) is 6.42 Å². The van der Waals surface area contributed by atoms with Crippen molar-refractivity contribution in [1.82, 2.24) is 0 Å². The molecule has 2 atom stereocenters. The number of nitrogens with zero attached hydrogens (tertiary/aromatic N) is 2. The van der Waals surface area contributed by atoms with Crippen LogP contribution in [0.4, 0.5) is 0 Å². The standard InChI is InChI=1S/C13H16N2O5/c1-5-9-10(6-2)20-13(3,19-9)7-8(16)11(15-14)12(17)18-4/h5-6,9-10H,1-2,7H2,3-4H3/p+1/t9-,10-/m0/s1. The number of carbonyl (C=O) groups is 1. The molecule has 7 heteroatoms. The molecule has 0 aromatic carbocycles. The molecule has 1 heterocycles. The van der Waals surface area contributed by atoms with Crippen molar-refractivity contribution < 1.29 is 24.1 Å². The fourth-order valence-corrected chi connectivity index (χ4v) is 1.89. The second kappa shape index (κ2) is 6.32. The first-order chi connectivity index (χ1) is 9.40. The predicted octanol–water partition coefficient (Wildman–Crippen LogP) is 2.04. The summed E-state index contributed by atoms with van der Waals surface area (Å²) in [5.74, 6) is -2.67. The molecule has 0 bridgehead atoms. The van der Waals surface area contributed by atoms with Gasteiger partial charge in [-0.3, -0.25) is 0 Å². The molecule has 1 aliphatic heterocycles. The van der Waals surface area contributed by atoms with E-state index in [9.17, 15) is 9.90 Å². The summed E-state index contributed by atoms with van der Waals surface area (Å²) >= 11 is 0. The lowest BCUT2D eigenvalue weighted by atomic mass is 10.1. The number of esters is 1. The molecule has 1 rings (SSSR count). The van der Waals surface area contributed by atoms with Crippen LogP contribution in [0.25, 0.3) is 4.98 Å². The van der Waals surface area contributed by atoms with E-state index >= 15 is 0 Å². The van der Waals surface area contributed by atoms with Gasteiger partial charge in [0.15, 0.2) is 10.8 Å². The molecule has 1 saturated heterocycles. The largest absolute Gasteiger partial charge is 0.505 e. The quantitative estimate of drug-likeness (QED) is 0.272. The smallest absolute Gasteiger partial charge is 0.505 e. The van der Waals surface area contributed by atoms with Crippen molar-refractivity contribution in [3.63, 3.8) is 0 Å². The van der Waals surface area contributed by atoms with Crippen LogP contribution < -0.4 is 0 Å². The van der Waals surface area contributed by atoms with Crippen LogP contribution in [0.2, 0.25) is 0 Å². The van der Waals surface area contributed by atoms with Gasteiger partial charge in [-0.2, -0.15) is 0 Å². The van der Waals surface area contributed by atoms with Crippen LogP contribution in [-0.2, 0) is 19.0 Å². The fourth-order valence-electron chi connectivity index (χ4n) is 1.89. The van der Waals surface area contributed by atoms with Crippen LogP contribution in [0.15, 0.2) is 36.8 Å². The van der Waals surface area contributed by atoms with Crippen molar-refractivity contribution in [3.8, 4) is 0 Å². The summed E-state index contributed by atoms with van der Waals surface area (Å²) in [6.45, 7) is 8.82. The van der Waals surface area contributed by atoms with Gasteiger partial charge in [0.2, 0.25) is 11.2 Å². The third-order valence-corrected chi connectivity index (χ3v) is 2.80. The van der Waals surface area contributed by atoms with Crippen LogP contribution in [-0.4, -0.2) is 36.2 Å². The molecule has 0 radical (unpaired) electrons. The Morgan fingerprint density at radius 1 is 1.45 bits per heavy atom. The number of diazo groups is 1. The van der Waals surface area contributed by atoms with Crippen molar-refractivity contribution in [2.45, 2.75) is 31.3 Å². The lowest BCUT2D eigenvalue weighted by Crippen LogP contribution is -2.28. The van der Waals surface area contributed by atoms with Crippen molar-refractivity contribution >= 4 is 5.97 Å². The van der Waals surface area contributed by atoms with Crippen LogP contribution in [0.3, 0.4) is 0 Å². The van der Waals surface area contributed by atoms with Gasteiger partial charge in [-0.1, -0.05) is 12.2 Å². The van der Waals surface area contributed by atoms with E-state index in [4.69, 9.17) is 14.9 Å². The molecule has 1 N–H and O–H groups in total. The number of ether oxygens (including phenoxy) is 3. The lowest BCUT2D eigenvalue weighted by molar-refractivity contribution is -0.157. The van der Waals surface area contributed by atoms with Crippen molar-refractivity contribution in [2.75, 3.05) is 7.11 Å². The zero-order valence-electron chi connectivity index (χ0n) is 11.4. The summed E-state index contributed by atoms with van der Waals surface area (Å²) in [5.41, 5.74) is -0.599. The van der Waals surface area contributed by atoms with Gasteiger partial charge in [-0.05, 0) is 6.92 Å². The molecule has 0 aromatic rings. The normalized spacial score (nSPS) is 25.2. The van der Waals surface area contributed by atoms with Crippen molar-refractivity contribution in [3.05, 3.63) is 41.7 Å². The minimum atomic E-state index is -1.20. The van der Waals surface area contributed by atoms with Gasteiger partial charge in [0.25, 0.3) is 0 Å². The van der Waals surface area contributed by atoms with Gasteiger partial charge >= 0.3 is 11.7 Å². The molecule has 108 valence electrons. The Bertz CT molecular complexity index is 475. The Hall–Kier alpha value is -2.17. The van der Waals surface area contributed by atoms with Crippen LogP contribution in [0.5, 0.6) is 0 Å². The molecular formula is C13H17N2O5+. The molecule has 20 heavy (non-hydrogen) atoms. The summed E-state index contributed by atoms with van der Waals surface area (Å²) in [7, 11) is 1.10. The summed E-state index contributed by atoms with van der Waals surface area (Å²) in [6, 6.07) is 0. The maximum Gasteiger partial charge on any atom is 0.505 e. The third-order valence-electron chi connectivity index (χ3n) is 2.80. The Balaban J connectivity index is 2.95.